The van der Waals surface area contributed by atoms with Gasteiger partial charge in [0.05, 0.1) is 16.4 Å². The van der Waals surface area contributed by atoms with Crippen LogP contribution in [0, 0.1) is 12.7 Å². The molecule has 116 valence electrons. The van der Waals surface area contributed by atoms with Crippen molar-refractivity contribution in [3.05, 3.63) is 70.8 Å². The number of rotatable bonds is 3. The highest BCUT2D eigenvalue weighted by molar-refractivity contribution is 6.31. The molecule has 0 aliphatic carbocycles. The third-order valence-electron chi connectivity index (χ3n) is 3.29. The number of carbonyl (C=O) groups is 1. The van der Waals surface area contributed by atoms with Crippen LogP contribution in [-0.2, 0) is 0 Å². The molecule has 0 fully saturated rings. The second kappa shape index (κ2) is 6.18. The maximum absolute atomic E-state index is 13.1. The van der Waals surface area contributed by atoms with Gasteiger partial charge in [0.1, 0.15) is 5.82 Å². The largest absolute Gasteiger partial charge is 0.320 e. The van der Waals surface area contributed by atoms with E-state index in [9.17, 15) is 9.18 Å². The molecular formula is C16H12ClFN4O. The van der Waals surface area contributed by atoms with E-state index in [0.29, 0.717) is 11.4 Å². The predicted molar refractivity (Wildman–Crippen MR) is 85.5 cm³/mol. The fraction of sp³-hybridized carbons (Fsp3) is 0.0625. The molecule has 0 saturated carbocycles. The molecule has 2 aromatic carbocycles. The lowest BCUT2D eigenvalue weighted by Crippen LogP contribution is -2.14. The van der Waals surface area contributed by atoms with E-state index in [-0.39, 0.29) is 10.7 Å². The highest BCUT2D eigenvalue weighted by Crippen LogP contribution is 2.20. The van der Waals surface area contributed by atoms with E-state index in [1.807, 2.05) is 30.3 Å². The summed E-state index contributed by atoms with van der Waals surface area (Å²) in [6.45, 7) is 1.75. The summed E-state index contributed by atoms with van der Waals surface area (Å²) in [5.41, 5.74) is 1.98. The van der Waals surface area contributed by atoms with Gasteiger partial charge in [0.2, 0.25) is 0 Å². The van der Waals surface area contributed by atoms with Crippen molar-refractivity contribution in [2.45, 2.75) is 6.92 Å². The molecule has 0 aliphatic rings. The number of nitrogens with zero attached hydrogens (tertiary/aromatic N) is 3. The molecule has 0 aliphatic heterocycles. The van der Waals surface area contributed by atoms with E-state index in [1.54, 1.807) is 11.6 Å². The third kappa shape index (κ3) is 3.07. The van der Waals surface area contributed by atoms with Crippen LogP contribution in [0.1, 0.15) is 16.2 Å². The van der Waals surface area contributed by atoms with E-state index < -0.39 is 11.7 Å². The molecule has 7 heteroatoms. The molecule has 0 atom stereocenters. The second-order valence-electron chi connectivity index (χ2n) is 4.85. The minimum absolute atomic E-state index is 0.0625. The first kappa shape index (κ1) is 15.2. The zero-order valence-corrected chi connectivity index (χ0v) is 12.9. The molecule has 3 rings (SSSR count). The van der Waals surface area contributed by atoms with Crippen LogP contribution < -0.4 is 5.32 Å². The lowest BCUT2D eigenvalue weighted by molar-refractivity contribution is 0.102. The van der Waals surface area contributed by atoms with Crippen LogP contribution in [0.25, 0.3) is 5.69 Å². The first-order valence-electron chi connectivity index (χ1n) is 6.80. The van der Waals surface area contributed by atoms with Gasteiger partial charge in [-0.05, 0) is 37.3 Å². The van der Waals surface area contributed by atoms with E-state index in [4.69, 9.17) is 11.6 Å². The summed E-state index contributed by atoms with van der Waals surface area (Å²) in [5, 5.41) is 10.5. The molecule has 23 heavy (non-hydrogen) atoms. The van der Waals surface area contributed by atoms with Crippen LogP contribution in [0.5, 0.6) is 0 Å². The number of anilines is 1. The van der Waals surface area contributed by atoms with Gasteiger partial charge in [-0.3, -0.25) is 4.79 Å². The summed E-state index contributed by atoms with van der Waals surface area (Å²) in [4.78, 5) is 12.3. The van der Waals surface area contributed by atoms with Crippen LogP contribution >= 0.6 is 11.6 Å². The van der Waals surface area contributed by atoms with Gasteiger partial charge in [-0.2, -0.15) is 0 Å². The smallest absolute Gasteiger partial charge is 0.278 e. The topological polar surface area (TPSA) is 59.8 Å². The average molecular weight is 331 g/mol. The predicted octanol–water partition coefficient (Wildman–Crippen LogP) is 3.62. The average Bonchev–Trinajstić information content (AvgIpc) is 2.93. The summed E-state index contributed by atoms with van der Waals surface area (Å²) in [5.74, 6) is -0.983. The fourth-order valence-electron chi connectivity index (χ4n) is 2.12. The van der Waals surface area contributed by atoms with Crippen molar-refractivity contribution in [1.82, 2.24) is 15.0 Å². The number of halogens is 2. The zero-order chi connectivity index (χ0) is 16.4. The van der Waals surface area contributed by atoms with Crippen LogP contribution in [0.4, 0.5) is 10.1 Å². The van der Waals surface area contributed by atoms with Crippen LogP contribution in [-0.4, -0.2) is 20.9 Å². The van der Waals surface area contributed by atoms with Crippen molar-refractivity contribution >= 4 is 23.2 Å². The molecule has 1 heterocycles. The van der Waals surface area contributed by atoms with E-state index >= 15 is 0 Å². The zero-order valence-electron chi connectivity index (χ0n) is 12.1. The van der Waals surface area contributed by atoms with Crippen molar-refractivity contribution in [3.8, 4) is 5.69 Å². The van der Waals surface area contributed by atoms with Gasteiger partial charge in [-0.25, -0.2) is 9.07 Å². The minimum Gasteiger partial charge on any atom is -0.320 e. The Balaban J connectivity index is 1.86. The molecule has 0 unspecified atom stereocenters. The normalized spacial score (nSPS) is 10.6. The first-order chi connectivity index (χ1) is 11.1. The van der Waals surface area contributed by atoms with Crippen molar-refractivity contribution in [3.63, 3.8) is 0 Å². The Labute approximate surface area is 136 Å². The van der Waals surface area contributed by atoms with Gasteiger partial charge in [-0.1, -0.05) is 35.0 Å². The Morgan fingerprint density at radius 1 is 1.22 bits per heavy atom. The van der Waals surface area contributed by atoms with Gasteiger partial charge >= 0.3 is 0 Å². The van der Waals surface area contributed by atoms with Crippen LogP contribution in [0.3, 0.4) is 0 Å². The molecule has 3 aromatic rings. The van der Waals surface area contributed by atoms with E-state index in [0.717, 1.165) is 5.69 Å². The molecule has 5 nitrogen and oxygen atoms in total. The van der Waals surface area contributed by atoms with Crippen molar-refractivity contribution < 1.29 is 9.18 Å². The number of amides is 1. The molecule has 0 saturated heterocycles. The summed E-state index contributed by atoms with van der Waals surface area (Å²) < 4.78 is 14.7. The SMILES string of the molecule is Cc1c(C(=O)Nc2ccc(F)c(Cl)c2)nnn1-c1ccccc1. The van der Waals surface area contributed by atoms with E-state index in [1.165, 1.54) is 18.2 Å². The number of carbonyl (C=O) groups excluding carboxylic acids is 1. The maximum atomic E-state index is 13.1. The summed E-state index contributed by atoms with van der Waals surface area (Å²) in [6.07, 6.45) is 0. The van der Waals surface area contributed by atoms with Gasteiger partial charge in [0.25, 0.3) is 5.91 Å². The molecule has 1 amide bonds. The van der Waals surface area contributed by atoms with Gasteiger partial charge < -0.3 is 5.32 Å². The summed E-state index contributed by atoms with van der Waals surface area (Å²) >= 11 is 5.70. The Kier molecular flexibility index (Phi) is 4.08. The number of hydrogen-bond acceptors (Lipinski definition) is 3. The van der Waals surface area contributed by atoms with Crippen molar-refractivity contribution in [2.24, 2.45) is 0 Å². The number of nitrogens with one attached hydrogen (secondary N) is 1. The molecule has 1 aromatic heterocycles. The van der Waals surface area contributed by atoms with Gasteiger partial charge in [0, 0.05) is 5.69 Å². The standard InChI is InChI=1S/C16H12ClFN4O/c1-10-15(20-21-22(10)12-5-3-2-4-6-12)16(23)19-11-7-8-14(18)13(17)9-11/h2-9H,1H3,(H,19,23). The monoisotopic (exact) mass is 330 g/mol. The summed E-state index contributed by atoms with van der Waals surface area (Å²) in [7, 11) is 0. The Bertz CT molecular complexity index is 864. The fourth-order valence-corrected chi connectivity index (χ4v) is 2.30. The van der Waals surface area contributed by atoms with Crippen LogP contribution in [0.15, 0.2) is 48.5 Å². The lowest BCUT2D eigenvalue weighted by atomic mass is 10.2. The highest BCUT2D eigenvalue weighted by atomic mass is 35.5. The number of hydrogen-bond donors (Lipinski definition) is 1. The molecule has 0 radical (unpaired) electrons. The Hall–Kier alpha value is -2.73. The van der Waals surface area contributed by atoms with E-state index in [2.05, 4.69) is 15.6 Å². The number of benzene rings is 2. The molecule has 0 spiro atoms. The lowest BCUT2D eigenvalue weighted by Gasteiger charge is -2.05. The molecular weight excluding hydrogens is 319 g/mol. The Morgan fingerprint density at radius 2 is 1.96 bits per heavy atom. The highest BCUT2D eigenvalue weighted by Gasteiger charge is 2.17. The third-order valence-corrected chi connectivity index (χ3v) is 3.58. The van der Waals surface area contributed by atoms with Crippen molar-refractivity contribution in [1.29, 1.82) is 0 Å². The minimum atomic E-state index is -0.545. The van der Waals surface area contributed by atoms with Gasteiger partial charge in [0.15, 0.2) is 5.69 Å². The first-order valence-corrected chi connectivity index (χ1v) is 7.18. The molecule has 1 N–H and O–H groups in total. The van der Waals surface area contributed by atoms with Crippen LogP contribution in [0.2, 0.25) is 5.02 Å². The second-order valence-corrected chi connectivity index (χ2v) is 5.26. The quantitative estimate of drug-likeness (QED) is 0.798. The molecule has 0 bridgehead atoms. The summed E-state index contributed by atoms with van der Waals surface area (Å²) in [6, 6.07) is 13.3. The van der Waals surface area contributed by atoms with Gasteiger partial charge in [-0.15, -0.1) is 5.10 Å². The maximum Gasteiger partial charge on any atom is 0.278 e. The number of aromatic nitrogens is 3. The Morgan fingerprint density at radius 3 is 2.65 bits per heavy atom. The number of para-hydroxylation sites is 1. The van der Waals surface area contributed by atoms with Crippen molar-refractivity contribution in [2.75, 3.05) is 5.32 Å².